The molecule has 0 fully saturated rings. The van der Waals surface area contributed by atoms with Gasteiger partial charge >= 0.3 is 0 Å². The summed E-state index contributed by atoms with van der Waals surface area (Å²) >= 11 is 5.53. The average Bonchev–Trinajstić information content (AvgIpc) is 2.32. The minimum absolute atomic E-state index is 0.309. The van der Waals surface area contributed by atoms with Crippen molar-refractivity contribution in [2.45, 2.75) is 6.92 Å². The van der Waals surface area contributed by atoms with Gasteiger partial charge in [-0.25, -0.2) is 4.39 Å². The molecule has 2 nitrogen and oxygen atoms in total. The highest BCUT2D eigenvalue weighted by Gasteiger charge is 2.10. The summed E-state index contributed by atoms with van der Waals surface area (Å²) in [6, 6.07) is 9.89. The first-order chi connectivity index (χ1) is 8.95. The Hall–Kier alpha value is -0.950. The highest BCUT2D eigenvalue weighted by molar-refractivity contribution is 14.1. The molecular weight excluding hydrogens is 424 g/mol. The summed E-state index contributed by atoms with van der Waals surface area (Å²) in [6.07, 6.45) is 0. The van der Waals surface area contributed by atoms with Crippen molar-refractivity contribution < 1.29 is 9.18 Å². The number of amides is 1. The van der Waals surface area contributed by atoms with E-state index in [2.05, 4.69) is 43.8 Å². The Kier molecular flexibility index (Phi) is 4.57. The number of hydrogen-bond acceptors (Lipinski definition) is 1. The third-order valence-electron chi connectivity index (χ3n) is 2.48. The molecule has 19 heavy (non-hydrogen) atoms. The van der Waals surface area contributed by atoms with Crippen molar-refractivity contribution >= 4 is 50.1 Å². The van der Waals surface area contributed by atoms with Gasteiger partial charge in [0.05, 0.1) is 5.69 Å². The molecule has 5 heteroatoms. The SMILES string of the molecule is Cc1cc(F)cc(C(=O)Nc2cc(I)ccc2Br)c1. The fraction of sp³-hybridized carbons (Fsp3) is 0.0714. The first-order valence-electron chi connectivity index (χ1n) is 5.49. The van der Waals surface area contributed by atoms with Gasteiger partial charge in [-0.2, -0.15) is 0 Å². The van der Waals surface area contributed by atoms with E-state index in [1.54, 1.807) is 13.0 Å². The summed E-state index contributed by atoms with van der Waals surface area (Å²) in [5.41, 5.74) is 1.69. The van der Waals surface area contributed by atoms with Gasteiger partial charge < -0.3 is 5.32 Å². The van der Waals surface area contributed by atoms with Crippen molar-refractivity contribution in [2.24, 2.45) is 0 Å². The van der Waals surface area contributed by atoms with Gasteiger partial charge in [-0.05, 0) is 87.4 Å². The van der Waals surface area contributed by atoms with Gasteiger partial charge in [0.1, 0.15) is 5.82 Å². The smallest absolute Gasteiger partial charge is 0.255 e. The van der Waals surface area contributed by atoms with Crippen LogP contribution in [0.3, 0.4) is 0 Å². The van der Waals surface area contributed by atoms with Gasteiger partial charge in [-0.3, -0.25) is 4.79 Å². The number of rotatable bonds is 2. The van der Waals surface area contributed by atoms with Crippen LogP contribution in [0.5, 0.6) is 0 Å². The van der Waals surface area contributed by atoms with Gasteiger partial charge in [0.25, 0.3) is 5.91 Å². The van der Waals surface area contributed by atoms with Gasteiger partial charge in [0.2, 0.25) is 0 Å². The molecule has 0 aliphatic carbocycles. The fourth-order valence-electron chi connectivity index (χ4n) is 1.66. The van der Waals surface area contributed by atoms with Crippen molar-refractivity contribution in [1.29, 1.82) is 0 Å². The minimum atomic E-state index is -0.410. The molecule has 0 saturated heterocycles. The van der Waals surface area contributed by atoms with Crippen molar-refractivity contribution in [3.63, 3.8) is 0 Å². The number of benzene rings is 2. The molecule has 2 aromatic rings. The van der Waals surface area contributed by atoms with Crippen LogP contribution in [0.25, 0.3) is 0 Å². The zero-order chi connectivity index (χ0) is 14.0. The van der Waals surface area contributed by atoms with E-state index in [-0.39, 0.29) is 5.91 Å². The second kappa shape index (κ2) is 6.00. The molecule has 0 saturated carbocycles. The number of carbonyl (C=O) groups excluding carboxylic acids is 1. The first kappa shape index (κ1) is 14.5. The second-order valence-electron chi connectivity index (χ2n) is 4.10. The molecule has 0 atom stereocenters. The number of hydrogen-bond donors (Lipinski definition) is 1. The molecule has 1 amide bonds. The molecule has 0 aromatic heterocycles. The van der Waals surface area contributed by atoms with Gasteiger partial charge in [0.15, 0.2) is 0 Å². The van der Waals surface area contributed by atoms with Crippen LogP contribution in [0.15, 0.2) is 40.9 Å². The van der Waals surface area contributed by atoms with E-state index in [9.17, 15) is 9.18 Å². The van der Waals surface area contributed by atoms with E-state index in [1.807, 2.05) is 18.2 Å². The van der Waals surface area contributed by atoms with Crippen molar-refractivity contribution in [2.75, 3.05) is 5.32 Å². The molecule has 0 radical (unpaired) electrons. The molecule has 0 aliphatic heterocycles. The molecular formula is C14H10BrFINO. The first-order valence-corrected chi connectivity index (χ1v) is 7.36. The molecule has 2 aromatic carbocycles. The summed E-state index contributed by atoms with van der Waals surface area (Å²) < 4.78 is 15.1. The van der Waals surface area contributed by atoms with Crippen LogP contribution in [-0.2, 0) is 0 Å². The van der Waals surface area contributed by atoms with Gasteiger partial charge in [-0.15, -0.1) is 0 Å². The Balaban J connectivity index is 2.28. The lowest BCUT2D eigenvalue weighted by Gasteiger charge is -2.08. The zero-order valence-electron chi connectivity index (χ0n) is 10.0. The van der Waals surface area contributed by atoms with E-state index in [1.165, 1.54) is 12.1 Å². The van der Waals surface area contributed by atoms with E-state index in [0.717, 1.165) is 8.04 Å². The van der Waals surface area contributed by atoms with E-state index in [4.69, 9.17) is 0 Å². The quantitative estimate of drug-likeness (QED) is 0.680. The zero-order valence-corrected chi connectivity index (χ0v) is 13.7. The largest absolute Gasteiger partial charge is 0.321 e. The van der Waals surface area contributed by atoms with Crippen LogP contribution in [-0.4, -0.2) is 5.91 Å². The summed E-state index contributed by atoms with van der Waals surface area (Å²) in [4.78, 5) is 12.1. The third-order valence-corrected chi connectivity index (χ3v) is 3.84. The number of anilines is 1. The second-order valence-corrected chi connectivity index (χ2v) is 6.20. The molecule has 0 heterocycles. The molecule has 1 N–H and O–H groups in total. The summed E-state index contributed by atoms with van der Waals surface area (Å²) in [5.74, 6) is -0.739. The maximum absolute atomic E-state index is 13.3. The molecule has 0 unspecified atom stereocenters. The number of nitrogens with one attached hydrogen (secondary N) is 1. The highest BCUT2D eigenvalue weighted by Crippen LogP contribution is 2.25. The third kappa shape index (κ3) is 3.76. The van der Waals surface area contributed by atoms with Gasteiger partial charge in [0, 0.05) is 13.6 Å². The molecule has 0 aliphatic rings. The van der Waals surface area contributed by atoms with Crippen LogP contribution in [0, 0.1) is 16.3 Å². The predicted molar refractivity (Wildman–Crippen MR) is 85.9 cm³/mol. The summed E-state index contributed by atoms with van der Waals surface area (Å²) in [5, 5.41) is 2.76. The lowest BCUT2D eigenvalue weighted by Crippen LogP contribution is -2.13. The number of halogens is 3. The summed E-state index contributed by atoms with van der Waals surface area (Å²) in [6.45, 7) is 1.75. The summed E-state index contributed by atoms with van der Waals surface area (Å²) in [7, 11) is 0. The van der Waals surface area contributed by atoms with Crippen LogP contribution >= 0.6 is 38.5 Å². The normalized spacial score (nSPS) is 10.3. The monoisotopic (exact) mass is 433 g/mol. The fourth-order valence-corrected chi connectivity index (χ4v) is 2.49. The van der Waals surface area contributed by atoms with E-state index < -0.39 is 5.82 Å². The van der Waals surface area contributed by atoms with Crippen LogP contribution in [0.2, 0.25) is 0 Å². The van der Waals surface area contributed by atoms with Crippen molar-refractivity contribution in [3.05, 3.63) is 61.4 Å². The Bertz CT molecular complexity index is 625. The molecule has 0 spiro atoms. The van der Waals surface area contributed by atoms with Crippen LogP contribution in [0.1, 0.15) is 15.9 Å². The van der Waals surface area contributed by atoms with Crippen LogP contribution < -0.4 is 5.32 Å². The average molecular weight is 434 g/mol. The van der Waals surface area contributed by atoms with Crippen molar-refractivity contribution in [1.82, 2.24) is 0 Å². The topological polar surface area (TPSA) is 29.1 Å². The Morgan fingerprint density at radius 2 is 2.00 bits per heavy atom. The Labute approximate surface area is 132 Å². The Morgan fingerprint density at radius 1 is 1.26 bits per heavy atom. The Morgan fingerprint density at radius 3 is 2.68 bits per heavy atom. The van der Waals surface area contributed by atoms with E-state index in [0.29, 0.717) is 16.8 Å². The highest BCUT2D eigenvalue weighted by atomic mass is 127. The number of carbonyl (C=O) groups is 1. The van der Waals surface area contributed by atoms with E-state index >= 15 is 0 Å². The lowest BCUT2D eigenvalue weighted by molar-refractivity contribution is 0.102. The van der Waals surface area contributed by atoms with Crippen molar-refractivity contribution in [3.8, 4) is 0 Å². The molecule has 0 bridgehead atoms. The molecule has 2 rings (SSSR count). The predicted octanol–water partition coefficient (Wildman–Crippen LogP) is 4.75. The van der Waals surface area contributed by atoms with Crippen LogP contribution in [0.4, 0.5) is 10.1 Å². The minimum Gasteiger partial charge on any atom is -0.321 e. The van der Waals surface area contributed by atoms with Gasteiger partial charge in [-0.1, -0.05) is 0 Å². The molecule has 98 valence electrons. The standard InChI is InChI=1S/C14H10BrFINO/c1-8-4-9(6-10(16)5-8)14(19)18-13-7-11(17)2-3-12(13)15/h2-7H,1H3,(H,18,19). The lowest BCUT2D eigenvalue weighted by atomic mass is 10.1. The number of aryl methyl sites for hydroxylation is 1. The maximum atomic E-state index is 13.3. The maximum Gasteiger partial charge on any atom is 0.255 e.